The second-order valence-electron chi connectivity index (χ2n) is 5.52. The number of rotatable bonds is 11. The van der Waals surface area contributed by atoms with E-state index in [1.54, 1.807) is 6.92 Å². The molecule has 0 aliphatic rings. The summed E-state index contributed by atoms with van der Waals surface area (Å²) in [5, 5.41) is 24.5. The molecular formula is C14H26N4O6S. The first-order chi connectivity index (χ1) is 11.7. The number of aliphatic hydroxyl groups is 1. The van der Waals surface area contributed by atoms with Crippen LogP contribution in [-0.4, -0.2) is 70.9 Å². The number of carbonyl (C=O) groups excluding carboxylic acids is 3. The smallest absolute Gasteiger partial charge is 0.328 e. The van der Waals surface area contributed by atoms with Gasteiger partial charge in [0.2, 0.25) is 17.7 Å². The summed E-state index contributed by atoms with van der Waals surface area (Å²) in [4.78, 5) is 46.5. The fourth-order valence-electron chi connectivity index (χ4n) is 1.75. The lowest BCUT2D eigenvalue weighted by Crippen LogP contribution is -2.56. The van der Waals surface area contributed by atoms with Gasteiger partial charge in [-0.15, -0.1) is 0 Å². The van der Waals surface area contributed by atoms with E-state index < -0.39 is 55.0 Å². The minimum absolute atomic E-state index is 0.112. The third kappa shape index (κ3) is 8.18. The van der Waals surface area contributed by atoms with Crippen molar-refractivity contribution in [3.05, 3.63) is 0 Å². The van der Waals surface area contributed by atoms with E-state index in [0.29, 0.717) is 6.42 Å². The average molecular weight is 378 g/mol. The fourth-order valence-corrected chi connectivity index (χ4v) is 1.92. The number of hydrogen-bond donors (Lipinski definition) is 7. The maximum absolute atomic E-state index is 12.3. The molecule has 0 radical (unpaired) electrons. The highest BCUT2D eigenvalue weighted by Gasteiger charge is 2.28. The van der Waals surface area contributed by atoms with Gasteiger partial charge in [-0.2, -0.15) is 12.6 Å². The quantitative estimate of drug-likeness (QED) is 0.194. The number of carbonyl (C=O) groups is 4. The van der Waals surface area contributed by atoms with Gasteiger partial charge in [-0.1, -0.05) is 20.3 Å². The highest BCUT2D eigenvalue weighted by molar-refractivity contribution is 7.80. The second kappa shape index (κ2) is 11.7. The Morgan fingerprint density at radius 1 is 1.16 bits per heavy atom. The largest absolute Gasteiger partial charge is 0.480 e. The van der Waals surface area contributed by atoms with E-state index in [4.69, 9.17) is 15.9 Å². The van der Waals surface area contributed by atoms with Crippen LogP contribution in [0, 0.1) is 5.92 Å². The van der Waals surface area contributed by atoms with Gasteiger partial charge in [-0.3, -0.25) is 14.4 Å². The maximum Gasteiger partial charge on any atom is 0.328 e. The molecule has 0 saturated carbocycles. The summed E-state index contributed by atoms with van der Waals surface area (Å²) in [6.45, 7) is 2.32. The number of hydrogen-bond acceptors (Lipinski definition) is 7. The van der Waals surface area contributed by atoms with Crippen LogP contribution < -0.4 is 21.7 Å². The van der Waals surface area contributed by atoms with Crippen molar-refractivity contribution >= 4 is 36.3 Å². The first-order valence-electron chi connectivity index (χ1n) is 7.75. The normalized spacial score (nSPS) is 15.4. The lowest BCUT2D eigenvalue weighted by molar-refractivity contribution is -0.142. The number of nitrogens with two attached hydrogens (primary N) is 1. The monoisotopic (exact) mass is 378 g/mol. The number of amides is 3. The highest BCUT2D eigenvalue weighted by atomic mass is 32.1. The van der Waals surface area contributed by atoms with Gasteiger partial charge >= 0.3 is 5.97 Å². The van der Waals surface area contributed by atoms with E-state index >= 15 is 0 Å². The number of thiol groups is 1. The summed E-state index contributed by atoms with van der Waals surface area (Å²) in [6, 6.07) is -3.22. The van der Waals surface area contributed by atoms with Crippen LogP contribution in [0.4, 0.5) is 0 Å². The summed E-state index contributed by atoms with van der Waals surface area (Å²) >= 11 is 3.92. The SMILES string of the molecule is CCC(C)C(NC(=O)C(N)CS)C(=O)NCC(=O)NC(CO)C(=O)O. The Morgan fingerprint density at radius 3 is 2.20 bits per heavy atom. The standard InChI is InChI=1S/C14H26N4O6S/c1-3-7(2)11(18-12(21)8(15)6-25)13(22)16-4-10(20)17-9(5-19)14(23)24/h7-9,11,19,25H,3-6,15H2,1-2H3,(H,16,22)(H,17,20)(H,18,21)(H,23,24). The third-order valence-electron chi connectivity index (χ3n) is 3.57. The Labute approximate surface area is 151 Å². The topological polar surface area (TPSA) is 171 Å². The highest BCUT2D eigenvalue weighted by Crippen LogP contribution is 2.08. The number of carboxylic acid groups (broad SMARTS) is 1. The molecule has 11 heteroatoms. The average Bonchev–Trinajstić information content (AvgIpc) is 2.59. The lowest BCUT2D eigenvalue weighted by atomic mass is 9.98. The summed E-state index contributed by atoms with van der Waals surface area (Å²) in [6.07, 6.45) is 0.590. The first kappa shape index (κ1) is 23.1. The number of aliphatic hydroxyl groups excluding tert-OH is 1. The van der Waals surface area contributed by atoms with Crippen molar-refractivity contribution in [3.8, 4) is 0 Å². The Hall–Kier alpha value is -1.85. The summed E-state index contributed by atoms with van der Waals surface area (Å²) in [7, 11) is 0. The molecule has 4 unspecified atom stereocenters. The molecule has 0 aliphatic carbocycles. The molecule has 0 aromatic heterocycles. The van der Waals surface area contributed by atoms with Crippen LogP contribution in [-0.2, 0) is 19.2 Å². The first-order valence-corrected chi connectivity index (χ1v) is 8.38. The van der Waals surface area contributed by atoms with Gasteiger partial charge in [0.1, 0.15) is 12.1 Å². The van der Waals surface area contributed by atoms with Crippen LogP contribution in [0.1, 0.15) is 20.3 Å². The Morgan fingerprint density at radius 2 is 1.76 bits per heavy atom. The van der Waals surface area contributed by atoms with E-state index in [1.807, 2.05) is 6.92 Å². The molecule has 0 aliphatic heterocycles. The molecule has 7 N–H and O–H groups in total. The minimum atomic E-state index is -1.46. The van der Waals surface area contributed by atoms with Crippen molar-refractivity contribution in [3.63, 3.8) is 0 Å². The minimum Gasteiger partial charge on any atom is -0.480 e. The molecule has 0 aromatic rings. The number of carboxylic acids is 1. The predicted molar refractivity (Wildman–Crippen MR) is 92.9 cm³/mol. The van der Waals surface area contributed by atoms with Crippen molar-refractivity contribution in [2.45, 2.75) is 38.4 Å². The zero-order chi connectivity index (χ0) is 19.6. The van der Waals surface area contributed by atoms with Crippen LogP contribution in [0.5, 0.6) is 0 Å². The van der Waals surface area contributed by atoms with Gasteiger partial charge in [-0.25, -0.2) is 4.79 Å². The zero-order valence-corrected chi connectivity index (χ0v) is 15.1. The van der Waals surface area contributed by atoms with Gasteiger partial charge in [0, 0.05) is 5.75 Å². The molecule has 0 bridgehead atoms. The Kier molecular flexibility index (Phi) is 10.8. The van der Waals surface area contributed by atoms with Gasteiger partial charge in [0.05, 0.1) is 19.2 Å². The summed E-state index contributed by atoms with van der Waals surface area (Å²) in [5.74, 6) is -3.42. The molecule has 0 heterocycles. The summed E-state index contributed by atoms with van der Waals surface area (Å²) < 4.78 is 0. The van der Waals surface area contributed by atoms with E-state index in [2.05, 4.69) is 28.6 Å². The number of aliphatic carboxylic acids is 1. The second-order valence-corrected chi connectivity index (χ2v) is 5.88. The van der Waals surface area contributed by atoms with Gasteiger partial charge in [0.25, 0.3) is 0 Å². The predicted octanol–water partition coefficient (Wildman–Crippen LogP) is -2.55. The molecule has 0 aromatic carbocycles. The third-order valence-corrected chi connectivity index (χ3v) is 3.96. The maximum atomic E-state index is 12.3. The van der Waals surface area contributed by atoms with E-state index in [-0.39, 0.29) is 11.7 Å². The molecule has 144 valence electrons. The molecule has 25 heavy (non-hydrogen) atoms. The number of nitrogens with one attached hydrogen (secondary N) is 3. The molecule has 10 nitrogen and oxygen atoms in total. The van der Waals surface area contributed by atoms with Crippen molar-refractivity contribution in [1.29, 1.82) is 0 Å². The van der Waals surface area contributed by atoms with Crippen molar-refractivity contribution < 1.29 is 29.4 Å². The lowest BCUT2D eigenvalue weighted by Gasteiger charge is -2.24. The Bertz CT molecular complexity index is 490. The molecule has 0 saturated heterocycles. The van der Waals surface area contributed by atoms with Crippen molar-refractivity contribution in [2.75, 3.05) is 18.9 Å². The van der Waals surface area contributed by atoms with Gasteiger partial charge < -0.3 is 31.9 Å². The zero-order valence-electron chi connectivity index (χ0n) is 14.2. The van der Waals surface area contributed by atoms with Crippen LogP contribution in [0.2, 0.25) is 0 Å². The molecule has 0 rings (SSSR count). The van der Waals surface area contributed by atoms with Crippen LogP contribution in [0.15, 0.2) is 0 Å². The van der Waals surface area contributed by atoms with E-state index in [0.717, 1.165) is 0 Å². The molecule has 0 fully saturated rings. The van der Waals surface area contributed by atoms with Gasteiger partial charge in [0.15, 0.2) is 0 Å². The van der Waals surface area contributed by atoms with E-state index in [9.17, 15) is 19.2 Å². The Balaban J connectivity index is 4.74. The molecule has 3 amide bonds. The van der Waals surface area contributed by atoms with Crippen LogP contribution in [0.3, 0.4) is 0 Å². The van der Waals surface area contributed by atoms with Crippen molar-refractivity contribution in [1.82, 2.24) is 16.0 Å². The summed E-state index contributed by atoms with van der Waals surface area (Å²) in [5.41, 5.74) is 5.56. The molecule has 0 spiro atoms. The van der Waals surface area contributed by atoms with Crippen LogP contribution >= 0.6 is 12.6 Å². The fraction of sp³-hybridized carbons (Fsp3) is 0.714. The van der Waals surface area contributed by atoms with Crippen LogP contribution in [0.25, 0.3) is 0 Å². The molecular weight excluding hydrogens is 352 g/mol. The van der Waals surface area contributed by atoms with Crippen molar-refractivity contribution in [2.24, 2.45) is 11.7 Å². The van der Waals surface area contributed by atoms with Gasteiger partial charge in [-0.05, 0) is 5.92 Å². The van der Waals surface area contributed by atoms with E-state index in [1.165, 1.54) is 0 Å². The molecule has 4 atom stereocenters.